The van der Waals surface area contributed by atoms with Crippen LogP contribution in [0.15, 0.2) is 6.07 Å². The maximum absolute atomic E-state index is 5.50. The second-order valence-electron chi connectivity index (χ2n) is 3.50. The lowest BCUT2D eigenvalue weighted by Gasteiger charge is -2.26. The number of nitrogens with one attached hydrogen (secondary N) is 1. The Morgan fingerprint density at radius 3 is 2.77 bits per heavy atom. The Balaban J connectivity index is 2.05. The smallest absolute Gasteiger partial charge is 0.150 e. The van der Waals surface area contributed by atoms with Gasteiger partial charge >= 0.3 is 0 Å². The van der Waals surface area contributed by atoms with Crippen LogP contribution >= 0.6 is 0 Å². The maximum atomic E-state index is 5.50. The molecule has 0 bridgehead atoms. The van der Waals surface area contributed by atoms with Gasteiger partial charge in [0.2, 0.25) is 0 Å². The van der Waals surface area contributed by atoms with Gasteiger partial charge in [-0.3, -0.25) is 5.10 Å². The van der Waals surface area contributed by atoms with Crippen LogP contribution in [0.25, 0.3) is 0 Å². The first-order valence-corrected chi connectivity index (χ1v) is 4.89. The Labute approximate surface area is 78.1 Å². The van der Waals surface area contributed by atoms with E-state index in [9.17, 15) is 0 Å². The molecule has 4 nitrogen and oxygen atoms in total. The molecule has 1 aromatic rings. The van der Waals surface area contributed by atoms with E-state index in [1.807, 2.05) is 6.07 Å². The summed E-state index contributed by atoms with van der Waals surface area (Å²) in [5, 5.41) is 7.17. The largest absolute Gasteiger partial charge is 0.355 e. The molecule has 1 aliphatic heterocycles. The zero-order chi connectivity index (χ0) is 9.10. The van der Waals surface area contributed by atoms with Crippen LogP contribution in [0.2, 0.25) is 0 Å². The van der Waals surface area contributed by atoms with Gasteiger partial charge in [-0.15, -0.1) is 0 Å². The molecule has 1 saturated heterocycles. The van der Waals surface area contributed by atoms with E-state index in [0.29, 0.717) is 6.54 Å². The number of aromatic amines is 1. The van der Waals surface area contributed by atoms with E-state index in [1.165, 1.54) is 19.3 Å². The number of H-pyrrole nitrogens is 1. The molecule has 0 atom stereocenters. The van der Waals surface area contributed by atoms with E-state index >= 15 is 0 Å². The quantitative estimate of drug-likeness (QED) is 0.709. The van der Waals surface area contributed by atoms with Crippen molar-refractivity contribution < 1.29 is 0 Å². The van der Waals surface area contributed by atoms with Gasteiger partial charge in [0.1, 0.15) is 0 Å². The fraction of sp³-hybridized carbons (Fsp3) is 0.667. The van der Waals surface area contributed by atoms with Gasteiger partial charge in [0.15, 0.2) is 5.82 Å². The minimum absolute atomic E-state index is 0.542. The lowest BCUT2D eigenvalue weighted by atomic mass is 10.1. The summed E-state index contributed by atoms with van der Waals surface area (Å²) >= 11 is 0. The Morgan fingerprint density at radius 2 is 2.15 bits per heavy atom. The van der Waals surface area contributed by atoms with Gasteiger partial charge in [-0.05, 0) is 19.3 Å². The number of rotatable bonds is 2. The summed E-state index contributed by atoms with van der Waals surface area (Å²) in [6.07, 6.45) is 3.92. The molecule has 1 aromatic heterocycles. The SMILES string of the molecule is NCc1cc(N2CCCCC2)n[nH]1. The highest BCUT2D eigenvalue weighted by molar-refractivity contribution is 5.39. The Bertz CT molecular complexity index is 262. The summed E-state index contributed by atoms with van der Waals surface area (Å²) in [6, 6.07) is 2.05. The molecule has 0 aromatic carbocycles. The Morgan fingerprint density at radius 1 is 1.38 bits per heavy atom. The average molecular weight is 180 g/mol. The molecule has 1 aliphatic rings. The van der Waals surface area contributed by atoms with Gasteiger partial charge in [-0.2, -0.15) is 5.10 Å². The van der Waals surface area contributed by atoms with E-state index in [0.717, 1.165) is 24.6 Å². The average Bonchev–Trinajstić information content (AvgIpc) is 2.67. The van der Waals surface area contributed by atoms with Crippen molar-refractivity contribution in [3.8, 4) is 0 Å². The first-order valence-electron chi connectivity index (χ1n) is 4.89. The van der Waals surface area contributed by atoms with E-state index in [2.05, 4.69) is 15.1 Å². The van der Waals surface area contributed by atoms with E-state index < -0.39 is 0 Å². The van der Waals surface area contributed by atoms with Gasteiger partial charge in [-0.25, -0.2) is 0 Å². The summed E-state index contributed by atoms with van der Waals surface area (Å²) < 4.78 is 0. The molecule has 0 aliphatic carbocycles. The lowest BCUT2D eigenvalue weighted by Crippen LogP contribution is -2.29. The molecular weight excluding hydrogens is 164 g/mol. The van der Waals surface area contributed by atoms with Crippen LogP contribution in [0.4, 0.5) is 5.82 Å². The van der Waals surface area contributed by atoms with Crippen molar-refractivity contribution in [2.45, 2.75) is 25.8 Å². The van der Waals surface area contributed by atoms with E-state index in [1.54, 1.807) is 0 Å². The summed E-state index contributed by atoms with van der Waals surface area (Å²) in [5.74, 6) is 1.06. The van der Waals surface area contributed by atoms with Crippen molar-refractivity contribution in [2.24, 2.45) is 5.73 Å². The van der Waals surface area contributed by atoms with Gasteiger partial charge in [0.25, 0.3) is 0 Å². The van der Waals surface area contributed by atoms with Gasteiger partial charge < -0.3 is 10.6 Å². The normalized spacial score (nSPS) is 17.8. The van der Waals surface area contributed by atoms with Crippen LogP contribution in [-0.4, -0.2) is 23.3 Å². The second kappa shape index (κ2) is 3.79. The fourth-order valence-electron chi connectivity index (χ4n) is 1.74. The van der Waals surface area contributed by atoms with Crippen molar-refractivity contribution in [2.75, 3.05) is 18.0 Å². The molecule has 0 unspecified atom stereocenters. The summed E-state index contributed by atoms with van der Waals surface area (Å²) in [5.41, 5.74) is 6.52. The lowest BCUT2D eigenvalue weighted by molar-refractivity contribution is 0.573. The van der Waals surface area contributed by atoms with Crippen molar-refractivity contribution in [3.63, 3.8) is 0 Å². The van der Waals surface area contributed by atoms with Gasteiger partial charge in [0, 0.05) is 25.7 Å². The number of nitrogens with zero attached hydrogens (tertiary/aromatic N) is 2. The number of nitrogens with two attached hydrogens (primary N) is 1. The first-order chi connectivity index (χ1) is 6.40. The Kier molecular flexibility index (Phi) is 2.49. The monoisotopic (exact) mass is 180 g/mol. The van der Waals surface area contributed by atoms with Crippen LogP contribution < -0.4 is 10.6 Å². The number of piperidine rings is 1. The van der Waals surface area contributed by atoms with Gasteiger partial charge in [0.05, 0.1) is 5.69 Å². The number of aromatic nitrogens is 2. The minimum Gasteiger partial charge on any atom is -0.355 e. The van der Waals surface area contributed by atoms with Crippen LogP contribution in [0.1, 0.15) is 25.0 Å². The molecule has 13 heavy (non-hydrogen) atoms. The first kappa shape index (κ1) is 8.56. The number of hydrogen-bond donors (Lipinski definition) is 2. The maximum Gasteiger partial charge on any atom is 0.150 e. The molecule has 1 fully saturated rings. The van der Waals surface area contributed by atoms with Crippen LogP contribution in [0, 0.1) is 0 Å². The minimum atomic E-state index is 0.542. The molecule has 0 amide bonds. The standard InChI is InChI=1S/C9H16N4/c10-7-8-6-9(12-11-8)13-4-2-1-3-5-13/h6H,1-5,7,10H2,(H,11,12). The molecule has 4 heteroatoms. The molecule has 0 radical (unpaired) electrons. The van der Waals surface area contributed by atoms with Crippen LogP contribution in [0.3, 0.4) is 0 Å². The van der Waals surface area contributed by atoms with Crippen molar-refractivity contribution >= 4 is 5.82 Å². The molecule has 72 valence electrons. The molecule has 2 heterocycles. The molecular formula is C9H16N4. The second-order valence-corrected chi connectivity index (χ2v) is 3.50. The zero-order valence-electron chi connectivity index (χ0n) is 7.79. The van der Waals surface area contributed by atoms with Crippen molar-refractivity contribution in [1.82, 2.24) is 10.2 Å². The molecule has 0 spiro atoms. The third-order valence-corrected chi connectivity index (χ3v) is 2.52. The molecule has 3 N–H and O–H groups in total. The van der Waals surface area contributed by atoms with Gasteiger partial charge in [-0.1, -0.05) is 0 Å². The summed E-state index contributed by atoms with van der Waals surface area (Å²) in [4.78, 5) is 2.32. The van der Waals surface area contributed by atoms with Crippen LogP contribution in [-0.2, 0) is 6.54 Å². The number of hydrogen-bond acceptors (Lipinski definition) is 3. The highest BCUT2D eigenvalue weighted by Gasteiger charge is 2.12. The summed E-state index contributed by atoms with van der Waals surface area (Å²) in [6.45, 7) is 2.81. The Hall–Kier alpha value is -1.03. The topological polar surface area (TPSA) is 57.9 Å². The predicted molar refractivity (Wildman–Crippen MR) is 52.5 cm³/mol. The van der Waals surface area contributed by atoms with E-state index in [4.69, 9.17) is 5.73 Å². The zero-order valence-corrected chi connectivity index (χ0v) is 7.79. The highest BCUT2D eigenvalue weighted by atomic mass is 15.3. The predicted octanol–water partition coefficient (Wildman–Crippen LogP) is 0.859. The van der Waals surface area contributed by atoms with Crippen molar-refractivity contribution in [1.29, 1.82) is 0 Å². The fourth-order valence-corrected chi connectivity index (χ4v) is 1.74. The molecule has 2 rings (SSSR count). The van der Waals surface area contributed by atoms with E-state index in [-0.39, 0.29) is 0 Å². The third kappa shape index (κ3) is 1.83. The summed E-state index contributed by atoms with van der Waals surface area (Å²) in [7, 11) is 0. The molecule has 0 saturated carbocycles. The van der Waals surface area contributed by atoms with Crippen LogP contribution in [0.5, 0.6) is 0 Å². The highest BCUT2D eigenvalue weighted by Crippen LogP contribution is 2.17. The third-order valence-electron chi connectivity index (χ3n) is 2.52. The number of anilines is 1. The van der Waals surface area contributed by atoms with Crippen molar-refractivity contribution in [3.05, 3.63) is 11.8 Å².